The number of nitrogens with zero attached hydrogens (tertiary/aromatic N) is 2. The number of carbonyl (C=O) groups excluding carboxylic acids is 2. The van der Waals surface area contributed by atoms with Crippen LogP contribution in [0.15, 0.2) is 36.4 Å². The quantitative estimate of drug-likeness (QED) is 0.902. The summed E-state index contributed by atoms with van der Waals surface area (Å²) >= 11 is 5.64. The van der Waals surface area contributed by atoms with E-state index < -0.39 is 0 Å². The van der Waals surface area contributed by atoms with Gasteiger partial charge in [-0.1, -0.05) is 29.8 Å². The number of anilines is 2. The topological polar surface area (TPSA) is 84.0 Å². The molecule has 6 nitrogen and oxygen atoms in total. The van der Waals surface area contributed by atoms with Crippen LogP contribution in [0.3, 0.4) is 0 Å². The molecule has 23 heavy (non-hydrogen) atoms. The van der Waals surface area contributed by atoms with Gasteiger partial charge >= 0.3 is 0 Å². The highest BCUT2D eigenvalue weighted by molar-refractivity contribution is 6.29. The number of rotatable bonds is 4. The molecule has 1 aliphatic rings. The third kappa shape index (κ3) is 3.84. The van der Waals surface area contributed by atoms with Crippen LogP contribution in [0.2, 0.25) is 5.15 Å². The highest BCUT2D eigenvalue weighted by Gasteiger charge is 2.26. The molecule has 1 aliphatic heterocycles. The number of benzene rings is 1. The molecule has 2 amide bonds. The zero-order valence-corrected chi connectivity index (χ0v) is 13.0. The molecule has 2 N–H and O–H groups in total. The van der Waals surface area contributed by atoms with E-state index in [9.17, 15) is 9.59 Å². The predicted molar refractivity (Wildman–Crippen MR) is 87.2 cm³/mol. The SMILES string of the molecule is O=C(CC[C@@H]1Cc2ccccc2NC1=O)Nc1ccc(Cl)nn1. The van der Waals surface area contributed by atoms with Crippen LogP contribution >= 0.6 is 11.6 Å². The minimum atomic E-state index is -0.202. The number of hydrogen-bond acceptors (Lipinski definition) is 4. The normalized spacial score (nSPS) is 16.4. The minimum absolute atomic E-state index is 0.0391. The zero-order chi connectivity index (χ0) is 16.2. The molecule has 118 valence electrons. The number of hydrogen-bond donors (Lipinski definition) is 2. The predicted octanol–water partition coefficient (Wildman–Crippen LogP) is 2.66. The second-order valence-corrected chi connectivity index (χ2v) is 5.76. The molecule has 1 atom stereocenters. The first-order valence-corrected chi connectivity index (χ1v) is 7.67. The molecule has 0 spiro atoms. The lowest BCUT2D eigenvalue weighted by Gasteiger charge is -2.24. The van der Waals surface area contributed by atoms with Crippen molar-refractivity contribution in [3.8, 4) is 0 Å². The molecule has 0 saturated carbocycles. The molecule has 0 aliphatic carbocycles. The van der Waals surface area contributed by atoms with Crippen molar-refractivity contribution < 1.29 is 9.59 Å². The molecule has 1 aromatic carbocycles. The molecule has 0 unspecified atom stereocenters. The number of fused-ring (bicyclic) bond motifs is 1. The van der Waals surface area contributed by atoms with Gasteiger partial charge in [0.25, 0.3) is 0 Å². The molecule has 0 bridgehead atoms. The van der Waals surface area contributed by atoms with Gasteiger partial charge in [-0.25, -0.2) is 0 Å². The first-order valence-electron chi connectivity index (χ1n) is 7.29. The highest BCUT2D eigenvalue weighted by atomic mass is 35.5. The summed E-state index contributed by atoms with van der Waals surface area (Å²) in [6, 6.07) is 10.8. The smallest absolute Gasteiger partial charge is 0.227 e. The molecule has 7 heteroatoms. The first kappa shape index (κ1) is 15.4. The van der Waals surface area contributed by atoms with Crippen LogP contribution in [0.25, 0.3) is 0 Å². The number of aromatic nitrogens is 2. The molecule has 0 radical (unpaired) electrons. The summed E-state index contributed by atoms with van der Waals surface area (Å²) in [5.41, 5.74) is 1.95. The standard InChI is InChI=1S/C16H15ClN4O2/c17-13-6-7-14(21-20-13)19-15(22)8-5-11-9-10-3-1-2-4-12(10)18-16(11)23/h1-4,6-7,11H,5,8-9H2,(H,18,23)(H,19,21,22)/t11-/m1/s1. The van der Waals surface area contributed by atoms with Gasteiger partial charge in [-0.15, -0.1) is 10.2 Å². The average molecular weight is 331 g/mol. The molecule has 1 aromatic heterocycles. The summed E-state index contributed by atoms with van der Waals surface area (Å²) in [7, 11) is 0. The Bertz CT molecular complexity index is 733. The van der Waals surface area contributed by atoms with E-state index in [1.165, 1.54) is 0 Å². The lowest BCUT2D eigenvalue weighted by Crippen LogP contribution is -2.30. The Morgan fingerprint density at radius 2 is 2.09 bits per heavy atom. The maximum Gasteiger partial charge on any atom is 0.227 e. The number of halogens is 1. The zero-order valence-electron chi connectivity index (χ0n) is 12.3. The van der Waals surface area contributed by atoms with Gasteiger partial charge in [0.2, 0.25) is 11.8 Å². The van der Waals surface area contributed by atoms with Crippen LogP contribution in [0.4, 0.5) is 11.5 Å². The lowest BCUT2D eigenvalue weighted by atomic mass is 9.89. The Hall–Kier alpha value is -2.47. The lowest BCUT2D eigenvalue weighted by molar-refractivity contribution is -0.121. The van der Waals surface area contributed by atoms with Crippen LogP contribution in [0.5, 0.6) is 0 Å². The van der Waals surface area contributed by atoms with Gasteiger partial charge in [-0.2, -0.15) is 0 Å². The van der Waals surface area contributed by atoms with Crippen molar-refractivity contribution in [2.24, 2.45) is 5.92 Å². The second-order valence-electron chi connectivity index (χ2n) is 5.38. The monoisotopic (exact) mass is 330 g/mol. The Morgan fingerprint density at radius 1 is 1.26 bits per heavy atom. The fourth-order valence-electron chi connectivity index (χ4n) is 2.54. The minimum Gasteiger partial charge on any atom is -0.326 e. The van der Waals surface area contributed by atoms with Crippen molar-refractivity contribution in [3.63, 3.8) is 0 Å². The van der Waals surface area contributed by atoms with Crippen LogP contribution in [0, 0.1) is 5.92 Å². The van der Waals surface area contributed by atoms with E-state index in [4.69, 9.17) is 11.6 Å². The first-order chi connectivity index (χ1) is 11.1. The van der Waals surface area contributed by atoms with Crippen molar-refractivity contribution in [2.75, 3.05) is 10.6 Å². The fraction of sp³-hybridized carbons (Fsp3) is 0.250. The summed E-state index contributed by atoms with van der Waals surface area (Å²) < 4.78 is 0. The Morgan fingerprint density at radius 3 is 2.87 bits per heavy atom. The molecular formula is C16H15ClN4O2. The summed E-state index contributed by atoms with van der Waals surface area (Å²) in [4.78, 5) is 24.0. The van der Waals surface area contributed by atoms with Gasteiger partial charge in [0.1, 0.15) is 0 Å². The molecule has 0 saturated heterocycles. The number of amides is 2. The van der Waals surface area contributed by atoms with Gasteiger partial charge in [0.05, 0.1) is 0 Å². The largest absolute Gasteiger partial charge is 0.326 e. The van der Waals surface area contributed by atoms with Crippen LogP contribution < -0.4 is 10.6 Å². The van der Waals surface area contributed by atoms with Gasteiger partial charge in [0, 0.05) is 18.0 Å². The van der Waals surface area contributed by atoms with Gasteiger partial charge < -0.3 is 10.6 Å². The van der Waals surface area contributed by atoms with Gasteiger partial charge in [-0.05, 0) is 36.6 Å². The van der Waals surface area contributed by atoms with E-state index in [0.29, 0.717) is 18.7 Å². The summed E-state index contributed by atoms with van der Waals surface area (Å²) in [6.07, 6.45) is 1.37. The van der Waals surface area contributed by atoms with Crippen molar-refractivity contribution in [1.29, 1.82) is 0 Å². The molecule has 3 rings (SSSR count). The van der Waals surface area contributed by atoms with E-state index in [0.717, 1.165) is 11.3 Å². The fourth-order valence-corrected chi connectivity index (χ4v) is 2.64. The maximum atomic E-state index is 12.1. The Balaban J connectivity index is 1.55. The second kappa shape index (κ2) is 6.75. The Kier molecular flexibility index (Phi) is 4.52. The van der Waals surface area contributed by atoms with E-state index in [-0.39, 0.29) is 29.3 Å². The van der Waals surface area contributed by atoms with Gasteiger partial charge in [0.15, 0.2) is 11.0 Å². The van der Waals surface area contributed by atoms with Crippen molar-refractivity contribution >= 4 is 34.9 Å². The Labute approximate surface area is 138 Å². The number of carbonyl (C=O) groups is 2. The van der Waals surface area contributed by atoms with Crippen LogP contribution in [0.1, 0.15) is 18.4 Å². The third-order valence-electron chi connectivity index (χ3n) is 3.73. The van der Waals surface area contributed by atoms with Crippen molar-refractivity contribution in [3.05, 3.63) is 47.1 Å². The molecule has 2 aromatic rings. The summed E-state index contributed by atoms with van der Waals surface area (Å²) in [5.74, 6) is -0.0964. The molecule has 0 fully saturated rings. The van der Waals surface area contributed by atoms with Crippen molar-refractivity contribution in [2.45, 2.75) is 19.3 Å². The third-order valence-corrected chi connectivity index (χ3v) is 3.93. The summed E-state index contributed by atoms with van der Waals surface area (Å²) in [6.45, 7) is 0. The average Bonchev–Trinajstić information content (AvgIpc) is 2.55. The molecule has 2 heterocycles. The number of para-hydroxylation sites is 1. The maximum absolute atomic E-state index is 12.1. The molecular weight excluding hydrogens is 316 g/mol. The van der Waals surface area contributed by atoms with Crippen molar-refractivity contribution in [1.82, 2.24) is 10.2 Å². The van der Waals surface area contributed by atoms with Crippen LogP contribution in [-0.2, 0) is 16.0 Å². The number of nitrogens with one attached hydrogen (secondary N) is 2. The van der Waals surface area contributed by atoms with E-state index in [1.807, 2.05) is 24.3 Å². The van der Waals surface area contributed by atoms with E-state index >= 15 is 0 Å². The van der Waals surface area contributed by atoms with E-state index in [1.54, 1.807) is 12.1 Å². The van der Waals surface area contributed by atoms with Crippen LogP contribution in [-0.4, -0.2) is 22.0 Å². The van der Waals surface area contributed by atoms with E-state index in [2.05, 4.69) is 20.8 Å². The van der Waals surface area contributed by atoms with Gasteiger partial charge in [-0.3, -0.25) is 9.59 Å². The highest BCUT2D eigenvalue weighted by Crippen LogP contribution is 2.27. The summed E-state index contributed by atoms with van der Waals surface area (Å²) in [5, 5.41) is 13.2.